The Hall–Kier alpha value is -1.16. The van der Waals surface area contributed by atoms with Gasteiger partial charge in [-0.15, -0.1) is 17.9 Å². The third-order valence-corrected chi connectivity index (χ3v) is 5.06. The smallest absolute Gasteiger partial charge is 0.222 e. The van der Waals surface area contributed by atoms with Gasteiger partial charge in [-0.1, -0.05) is 26.8 Å². The third-order valence-electron chi connectivity index (χ3n) is 4.05. The van der Waals surface area contributed by atoms with E-state index in [-0.39, 0.29) is 11.3 Å². The summed E-state index contributed by atoms with van der Waals surface area (Å²) in [4.78, 5) is 18.8. The van der Waals surface area contributed by atoms with E-state index in [2.05, 4.69) is 32.7 Å². The van der Waals surface area contributed by atoms with Gasteiger partial charge < -0.3 is 4.90 Å². The number of nitrogens with zero attached hydrogens (tertiary/aromatic N) is 2. The SMILES string of the molecule is C=CCCC(=O)N1CCC(c2nc(C(C)(C)C)cs2)CC1. The number of hydrogen-bond acceptors (Lipinski definition) is 3. The molecule has 0 bridgehead atoms. The molecule has 0 spiro atoms. The van der Waals surface area contributed by atoms with Crippen LogP contribution in [-0.2, 0) is 10.2 Å². The monoisotopic (exact) mass is 306 g/mol. The van der Waals surface area contributed by atoms with Crippen LogP contribution >= 0.6 is 11.3 Å². The van der Waals surface area contributed by atoms with Gasteiger partial charge in [0.25, 0.3) is 0 Å². The number of amides is 1. The first-order chi connectivity index (χ1) is 9.91. The van der Waals surface area contributed by atoms with Gasteiger partial charge in [0.2, 0.25) is 5.91 Å². The van der Waals surface area contributed by atoms with Crippen LogP contribution in [0.1, 0.15) is 63.1 Å². The van der Waals surface area contributed by atoms with Crippen molar-refractivity contribution in [3.8, 4) is 0 Å². The lowest BCUT2D eigenvalue weighted by atomic mass is 9.93. The second kappa shape index (κ2) is 6.73. The highest BCUT2D eigenvalue weighted by atomic mass is 32.1. The molecule has 1 aliphatic rings. The highest BCUT2D eigenvalue weighted by molar-refractivity contribution is 7.09. The maximum absolute atomic E-state index is 12.0. The van der Waals surface area contributed by atoms with Crippen molar-refractivity contribution in [2.24, 2.45) is 0 Å². The zero-order valence-corrected chi connectivity index (χ0v) is 14.2. The molecule has 1 fully saturated rings. The molecule has 21 heavy (non-hydrogen) atoms. The van der Waals surface area contributed by atoms with Gasteiger partial charge in [0.05, 0.1) is 10.7 Å². The van der Waals surface area contributed by atoms with E-state index < -0.39 is 0 Å². The van der Waals surface area contributed by atoms with Crippen LogP contribution in [0.4, 0.5) is 0 Å². The average molecular weight is 306 g/mol. The molecule has 1 aromatic heterocycles. The Morgan fingerprint density at radius 2 is 2.14 bits per heavy atom. The molecule has 2 rings (SSSR count). The summed E-state index contributed by atoms with van der Waals surface area (Å²) in [6, 6.07) is 0. The van der Waals surface area contributed by atoms with Crippen LogP contribution in [0.15, 0.2) is 18.0 Å². The zero-order valence-electron chi connectivity index (χ0n) is 13.4. The van der Waals surface area contributed by atoms with Crippen molar-refractivity contribution in [2.75, 3.05) is 13.1 Å². The number of carbonyl (C=O) groups excluding carboxylic acids is 1. The summed E-state index contributed by atoms with van der Waals surface area (Å²) < 4.78 is 0. The van der Waals surface area contributed by atoms with Crippen LogP contribution in [0.3, 0.4) is 0 Å². The molecule has 4 heteroatoms. The maximum atomic E-state index is 12.0. The van der Waals surface area contributed by atoms with Gasteiger partial charge in [-0.3, -0.25) is 4.79 Å². The molecule has 0 saturated carbocycles. The van der Waals surface area contributed by atoms with Crippen molar-refractivity contribution in [3.05, 3.63) is 28.7 Å². The molecule has 0 unspecified atom stereocenters. The summed E-state index contributed by atoms with van der Waals surface area (Å²) >= 11 is 1.78. The molecule has 1 amide bonds. The van der Waals surface area contributed by atoms with Crippen LogP contribution in [0.2, 0.25) is 0 Å². The Bertz CT molecular complexity index is 493. The lowest BCUT2D eigenvalue weighted by molar-refractivity contribution is -0.132. The molecule has 1 aromatic rings. The lowest BCUT2D eigenvalue weighted by Crippen LogP contribution is -2.37. The zero-order chi connectivity index (χ0) is 15.5. The molecule has 0 radical (unpaired) electrons. The fraction of sp³-hybridized carbons (Fsp3) is 0.647. The van der Waals surface area contributed by atoms with Crippen LogP contribution in [0.25, 0.3) is 0 Å². The topological polar surface area (TPSA) is 33.2 Å². The number of likely N-dealkylation sites (tertiary alicyclic amines) is 1. The van der Waals surface area contributed by atoms with Gasteiger partial charge in [-0.2, -0.15) is 0 Å². The number of thiazole rings is 1. The second-order valence-electron chi connectivity index (χ2n) is 6.80. The summed E-state index contributed by atoms with van der Waals surface area (Å²) in [5.41, 5.74) is 1.31. The number of rotatable bonds is 4. The molecule has 2 heterocycles. The van der Waals surface area contributed by atoms with Gasteiger partial charge in [0, 0.05) is 36.2 Å². The summed E-state index contributed by atoms with van der Waals surface area (Å²) in [7, 11) is 0. The van der Waals surface area contributed by atoms with Gasteiger partial charge >= 0.3 is 0 Å². The molecule has 1 aliphatic heterocycles. The van der Waals surface area contributed by atoms with Crippen LogP contribution in [-0.4, -0.2) is 28.9 Å². The Morgan fingerprint density at radius 1 is 1.48 bits per heavy atom. The number of aromatic nitrogens is 1. The Balaban J connectivity index is 1.90. The van der Waals surface area contributed by atoms with E-state index >= 15 is 0 Å². The number of hydrogen-bond donors (Lipinski definition) is 0. The van der Waals surface area contributed by atoms with Crippen molar-refractivity contribution >= 4 is 17.2 Å². The van der Waals surface area contributed by atoms with Gasteiger partial charge in [0.15, 0.2) is 0 Å². The molecule has 3 nitrogen and oxygen atoms in total. The van der Waals surface area contributed by atoms with Crippen molar-refractivity contribution in [3.63, 3.8) is 0 Å². The Morgan fingerprint density at radius 3 is 2.67 bits per heavy atom. The van der Waals surface area contributed by atoms with Crippen molar-refractivity contribution in [1.29, 1.82) is 0 Å². The van der Waals surface area contributed by atoms with Crippen molar-refractivity contribution < 1.29 is 4.79 Å². The standard InChI is InChI=1S/C17H26N2OS/c1-5-6-7-15(20)19-10-8-13(9-11-19)16-18-14(12-21-16)17(2,3)4/h5,12-13H,1,6-11H2,2-4H3. The Labute approximate surface area is 132 Å². The molecule has 0 N–H and O–H groups in total. The van der Waals surface area contributed by atoms with Crippen LogP contribution < -0.4 is 0 Å². The minimum atomic E-state index is 0.121. The summed E-state index contributed by atoms with van der Waals surface area (Å²) in [6.07, 6.45) is 5.27. The van der Waals surface area contributed by atoms with E-state index in [0.717, 1.165) is 32.4 Å². The molecular formula is C17H26N2OS. The molecule has 116 valence electrons. The van der Waals surface area contributed by atoms with Gasteiger partial charge in [0.1, 0.15) is 0 Å². The summed E-state index contributed by atoms with van der Waals surface area (Å²) in [5.74, 6) is 0.789. The molecule has 1 saturated heterocycles. The number of carbonyl (C=O) groups is 1. The minimum Gasteiger partial charge on any atom is -0.343 e. The minimum absolute atomic E-state index is 0.121. The molecule has 0 aliphatic carbocycles. The predicted molar refractivity (Wildman–Crippen MR) is 88.8 cm³/mol. The molecule has 0 atom stereocenters. The largest absolute Gasteiger partial charge is 0.343 e. The average Bonchev–Trinajstić information content (AvgIpc) is 2.95. The van der Waals surface area contributed by atoms with Crippen LogP contribution in [0, 0.1) is 0 Å². The second-order valence-corrected chi connectivity index (χ2v) is 7.69. The molecule has 0 aromatic carbocycles. The molecular weight excluding hydrogens is 280 g/mol. The number of allylic oxidation sites excluding steroid dienone is 1. The highest BCUT2D eigenvalue weighted by Crippen LogP contribution is 2.33. The summed E-state index contributed by atoms with van der Waals surface area (Å²) in [6.45, 7) is 12.0. The van der Waals surface area contributed by atoms with E-state index in [9.17, 15) is 4.79 Å². The van der Waals surface area contributed by atoms with Crippen LogP contribution in [0.5, 0.6) is 0 Å². The first-order valence-corrected chi connectivity index (χ1v) is 8.64. The van der Waals surface area contributed by atoms with Gasteiger partial charge in [-0.25, -0.2) is 4.98 Å². The Kier molecular flexibility index (Phi) is 5.20. The highest BCUT2D eigenvalue weighted by Gasteiger charge is 2.26. The first kappa shape index (κ1) is 16.2. The van der Waals surface area contributed by atoms with E-state index in [0.29, 0.717) is 12.3 Å². The van der Waals surface area contributed by atoms with Gasteiger partial charge in [-0.05, 0) is 19.3 Å². The van der Waals surface area contributed by atoms with E-state index in [1.54, 1.807) is 11.3 Å². The quantitative estimate of drug-likeness (QED) is 0.784. The summed E-state index contributed by atoms with van der Waals surface area (Å²) in [5, 5.41) is 3.44. The lowest BCUT2D eigenvalue weighted by Gasteiger charge is -2.31. The third kappa shape index (κ3) is 4.16. The van der Waals surface area contributed by atoms with Crippen molar-refractivity contribution in [1.82, 2.24) is 9.88 Å². The fourth-order valence-corrected chi connectivity index (χ4v) is 3.80. The van der Waals surface area contributed by atoms with Crippen molar-refractivity contribution in [2.45, 2.75) is 57.8 Å². The van der Waals surface area contributed by atoms with E-state index in [1.807, 2.05) is 11.0 Å². The predicted octanol–water partition coefficient (Wildman–Crippen LogP) is 4.11. The first-order valence-electron chi connectivity index (χ1n) is 7.76. The fourth-order valence-electron chi connectivity index (χ4n) is 2.58. The normalized spacial score (nSPS) is 17.0. The van der Waals surface area contributed by atoms with E-state index in [4.69, 9.17) is 4.98 Å². The van der Waals surface area contributed by atoms with E-state index in [1.165, 1.54) is 10.7 Å². The maximum Gasteiger partial charge on any atom is 0.222 e. The number of piperidine rings is 1.